The van der Waals surface area contributed by atoms with E-state index in [0.29, 0.717) is 49.8 Å². The summed E-state index contributed by atoms with van der Waals surface area (Å²) in [6.07, 6.45) is 5.29. The van der Waals surface area contributed by atoms with Crippen LogP contribution in [0.3, 0.4) is 0 Å². The molecule has 1 saturated heterocycles. The molecule has 0 saturated carbocycles. The number of rotatable bonds is 6. The molecule has 0 radical (unpaired) electrons. The van der Waals surface area contributed by atoms with E-state index in [2.05, 4.69) is 29.4 Å². The van der Waals surface area contributed by atoms with Gasteiger partial charge in [0.25, 0.3) is 0 Å². The number of hydrogen-bond donors (Lipinski definition) is 1. The number of ether oxygens (including phenoxy) is 1. The lowest BCUT2D eigenvalue weighted by atomic mass is 10.1. The summed E-state index contributed by atoms with van der Waals surface area (Å²) in [5.41, 5.74) is 2.02. The van der Waals surface area contributed by atoms with Crippen LogP contribution in [-0.4, -0.2) is 60.9 Å². The predicted octanol–water partition coefficient (Wildman–Crippen LogP) is 6.31. The molecule has 3 aromatic heterocycles. The number of halogens is 3. The summed E-state index contributed by atoms with van der Waals surface area (Å²) in [5.74, 6) is 1.37. The average molecular weight is 575 g/mol. The molecule has 1 atom stereocenters. The summed E-state index contributed by atoms with van der Waals surface area (Å²) in [5, 5.41) is 8.65. The second kappa shape index (κ2) is 11.0. The van der Waals surface area contributed by atoms with Crippen LogP contribution in [0.15, 0.2) is 53.3 Å². The summed E-state index contributed by atoms with van der Waals surface area (Å²) in [7, 11) is -0.349. The van der Waals surface area contributed by atoms with Crippen molar-refractivity contribution < 1.29 is 13.3 Å². The monoisotopic (exact) mass is 574 g/mol. The first-order valence-corrected chi connectivity index (χ1v) is 14.5. The maximum absolute atomic E-state index is 15.2. The van der Waals surface area contributed by atoms with E-state index >= 15 is 4.39 Å². The molecule has 1 unspecified atom stereocenters. The van der Waals surface area contributed by atoms with Crippen LogP contribution in [0, 0.1) is 0 Å². The van der Waals surface area contributed by atoms with Crippen LogP contribution >= 0.6 is 23.2 Å². The third-order valence-electron chi connectivity index (χ3n) is 6.30. The molecule has 8 nitrogen and oxygen atoms in total. The fourth-order valence-corrected chi connectivity index (χ4v) is 6.83. The first-order chi connectivity index (χ1) is 18.2. The van der Waals surface area contributed by atoms with Gasteiger partial charge in [0, 0.05) is 65.8 Å². The normalized spacial score (nSPS) is 16.9. The second-order valence-corrected chi connectivity index (χ2v) is 12.4. The van der Waals surface area contributed by atoms with Crippen LogP contribution in [-0.2, 0) is 9.73 Å². The SMILES string of the molecule is CC(Oc1ccc2[nH]nc(/C=C(\F)c3ccc(N=S4(=O)CCN(C)CC4)nc3)c2c1)c1c(Cl)cncc1Cl. The van der Waals surface area contributed by atoms with Gasteiger partial charge in [-0.3, -0.25) is 10.1 Å². The van der Waals surface area contributed by atoms with E-state index in [0.717, 1.165) is 18.6 Å². The van der Waals surface area contributed by atoms with Gasteiger partial charge < -0.3 is 9.64 Å². The number of nitrogens with zero attached hydrogens (tertiary/aromatic N) is 5. The Morgan fingerprint density at radius 3 is 2.61 bits per heavy atom. The summed E-state index contributed by atoms with van der Waals surface area (Å²) < 4.78 is 38.5. The van der Waals surface area contributed by atoms with Crippen LogP contribution in [0.1, 0.15) is 29.8 Å². The standard InChI is InChI=1S/C26H25Cl2FN6O2S/c1-16(26-20(27)14-30-15-21(26)28)37-18-4-5-23-19(11-18)24(33-32-23)12-22(29)17-3-6-25(31-13-17)34-38(36)9-7-35(2)8-10-38/h3-6,11-16H,7-10H2,1-2H3,(H,32,33)/b22-12-. The highest BCUT2D eigenvalue weighted by Crippen LogP contribution is 2.34. The molecule has 0 bridgehead atoms. The van der Waals surface area contributed by atoms with Crippen molar-refractivity contribution in [3.8, 4) is 5.75 Å². The third-order valence-corrected chi connectivity index (χ3v) is 9.07. The fourth-order valence-electron chi connectivity index (χ4n) is 4.13. The second-order valence-electron chi connectivity index (χ2n) is 9.07. The third kappa shape index (κ3) is 5.83. The van der Waals surface area contributed by atoms with Crippen molar-refractivity contribution in [3.63, 3.8) is 0 Å². The molecule has 4 heterocycles. The quantitative estimate of drug-likeness (QED) is 0.290. The lowest BCUT2D eigenvalue weighted by Gasteiger charge is -2.24. The molecule has 0 amide bonds. The number of benzene rings is 1. The smallest absolute Gasteiger partial charge is 0.161 e. The minimum Gasteiger partial charge on any atom is -0.486 e. The Morgan fingerprint density at radius 1 is 1.18 bits per heavy atom. The molecule has 0 aliphatic carbocycles. The fraction of sp³-hybridized carbons (Fsp3) is 0.269. The summed E-state index contributed by atoms with van der Waals surface area (Å²) in [4.78, 5) is 10.3. The van der Waals surface area contributed by atoms with Gasteiger partial charge in [-0.25, -0.2) is 13.6 Å². The zero-order valence-electron chi connectivity index (χ0n) is 20.7. The predicted molar refractivity (Wildman–Crippen MR) is 150 cm³/mol. The Bertz CT molecular complexity index is 1600. The van der Waals surface area contributed by atoms with E-state index in [1.807, 2.05) is 14.0 Å². The van der Waals surface area contributed by atoms with Gasteiger partial charge in [0.1, 0.15) is 17.7 Å². The number of pyridine rings is 2. The van der Waals surface area contributed by atoms with Crippen molar-refractivity contribution in [1.82, 2.24) is 25.1 Å². The van der Waals surface area contributed by atoms with Crippen molar-refractivity contribution >= 4 is 61.6 Å². The lowest BCUT2D eigenvalue weighted by molar-refractivity contribution is 0.227. The van der Waals surface area contributed by atoms with Crippen molar-refractivity contribution in [2.75, 3.05) is 31.6 Å². The highest BCUT2D eigenvalue weighted by Gasteiger charge is 2.19. The van der Waals surface area contributed by atoms with Gasteiger partial charge in [-0.1, -0.05) is 23.2 Å². The van der Waals surface area contributed by atoms with E-state index in [1.165, 1.54) is 24.7 Å². The van der Waals surface area contributed by atoms with Crippen LogP contribution < -0.4 is 4.74 Å². The Kier molecular flexibility index (Phi) is 7.67. The van der Waals surface area contributed by atoms with Gasteiger partial charge in [0.2, 0.25) is 0 Å². The number of hydrogen-bond acceptors (Lipinski definition) is 7. The summed E-state index contributed by atoms with van der Waals surface area (Å²) in [6, 6.07) is 8.51. The molecule has 1 aliphatic rings. The van der Waals surface area contributed by atoms with E-state index in [4.69, 9.17) is 27.9 Å². The van der Waals surface area contributed by atoms with Gasteiger partial charge in [-0.05, 0) is 44.3 Å². The number of aromatic amines is 1. The Balaban J connectivity index is 1.36. The molecule has 4 aromatic rings. The average Bonchev–Trinajstić information content (AvgIpc) is 3.28. The number of fused-ring (bicyclic) bond motifs is 1. The number of H-pyrrole nitrogens is 1. The molecule has 198 valence electrons. The molecule has 1 aromatic carbocycles. The van der Waals surface area contributed by atoms with Gasteiger partial charge >= 0.3 is 0 Å². The zero-order valence-corrected chi connectivity index (χ0v) is 23.0. The molecule has 0 spiro atoms. The van der Waals surface area contributed by atoms with Crippen molar-refractivity contribution in [3.05, 3.63) is 75.8 Å². The van der Waals surface area contributed by atoms with Crippen LogP contribution in [0.5, 0.6) is 5.75 Å². The Hall–Kier alpha value is -3.05. The van der Waals surface area contributed by atoms with Gasteiger partial charge in [-0.2, -0.15) is 9.46 Å². The van der Waals surface area contributed by atoms with Crippen LogP contribution in [0.2, 0.25) is 10.0 Å². The number of nitrogens with one attached hydrogen (secondary N) is 1. The largest absolute Gasteiger partial charge is 0.486 e. The first kappa shape index (κ1) is 26.6. The maximum Gasteiger partial charge on any atom is 0.161 e. The van der Waals surface area contributed by atoms with Gasteiger partial charge in [0.15, 0.2) is 5.82 Å². The summed E-state index contributed by atoms with van der Waals surface area (Å²) in [6.45, 7) is 3.29. The molecule has 38 heavy (non-hydrogen) atoms. The topological polar surface area (TPSA) is 96.4 Å². The van der Waals surface area contributed by atoms with Gasteiger partial charge in [-0.15, -0.1) is 0 Å². The molecule has 5 rings (SSSR count). The van der Waals surface area contributed by atoms with Crippen molar-refractivity contribution in [2.45, 2.75) is 13.0 Å². The molecular formula is C26H25Cl2FN6O2S. The van der Waals surface area contributed by atoms with Crippen molar-refractivity contribution in [2.24, 2.45) is 4.36 Å². The molecular weight excluding hydrogens is 550 g/mol. The minimum absolute atomic E-state index is 0.265. The first-order valence-electron chi connectivity index (χ1n) is 11.9. The minimum atomic E-state index is -2.34. The molecule has 12 heteroatoms. The highest BCUT2D eigenvalue weighted by molar-refractivity contribution is 7.93. The Morgan fingerprint density at radius 2 is 1.92 bits per heavy atom. The van der Waals surface area contributed by atoms with Crippen LogP contribution in [0.25, 0.3) is 22.8 Å². The van der Waals surface area contributed by atoms with Crippen molar-refractivity contribution in [1.29, 1.82) is 0 Å². The number of aromatic nitrogens is 4. The van der Waals surface area contributed by atoms with E-state index < -0.39 is 21.7 Å². The maximum atomic E-state index is 15.2. The zero-order chi connectivity index (χ0) is 26.9. The highest BCUT2D eigenvalue weighted by atomic mass is 35.5. The Labute approximate surface area is 230 Å². The lowest BCUT2D eigenvalue weighted by Crippen LogP contribution is -2.37. The molecule has 1 aliphatic heterocycles. The van der Waals surface area contributed by atoms with E-state index in [-0.39, 0.29) is 5.56 Å². The van der Waals surface area contributed by atoms with E-state index in [9.17, 15) is 4.21 Å². The van der Waals surface area contributed by atoms with Crippen LogP contribution in [0.4, 0.5) is 10.2 Å². The summed E-state index contributed by atoms with van der Waals surface area (Å²) >= 11 is 12.5. The van der Waals surface area contributed by atoms with Gasteiger partial charge in [0.05, 0.1) is 31.0 Å². The molecule has 1 fully saturated rings. The van der Waals surface area contributed by atoms with E-state index in [1.54, 1.807) is 30.3 Å². The molecule has 1 N–H and O–H groups in total.